The molecule has 0 amide bonds. The summed E-state index contributed by atoms with van der Waals surface area (Å²) in [4.78, 5) is 5.16. The molecule has 310 valence electrons. The Morgan fingerprint density at radius 2 is 0.701 bits per heavy atom. The molecule has 12 aromatic rings. The summed E-state index contributed by atoms with van der Waals surface area (Å²) >= 11 is 0. The standard InChI is InChI=1S/C64H41BN2/c1-3-14-42(15-4-1)44-26-32-52(33-27-44)66-60-40-51(54-25-13-22-50-38-48-20-7-8-21-49(48)39-57(50)54)41-61-62(60)65(58-36-30-46-18-9-11-23-55(46)63(58)66)59-37-31-47-19-10-12-24-56(47)64(59)67(61)53-34-28-45(29-35-53)43-16-5-2-6-17-43/h1-41H. The van der Waals surface area contributed by atoms with Gasteiger partial charge in [0.05, 0.1) is 0 Å². The highest BCUT2D eigenvalue weighted by atomic mass is 15.2. The molecular formula is C64H41BN2. The number of hydrogen-bond donors (Lipinski definition) is 0. The van der Waals surface area contributed by atoms with Crippen molar-refractivity contribution in [3.8, 4) is 33.4 Å². The highest BCUT2D eigenvalue weighted by Crippen LogP contribution is 2.50. The molecule has 2 nitrogen and oxygen atoms in total. The van der Waals surface area contributed by atoms with E-state index in [-0.39, 0.29) is 6.71 Å². The van der Waals surface area contributed by atoms with Crippen LogP contribution < -0.4 is 26.2 Å². The topological polar surface area (TPSA) is 6.48 Å². The van der Waals surface area contributed by atoms with Crippen molar-refractivity contribution in [3.05, 3.63) is 249 Å². The zero-order chi connectivity index (χ0) is 44.0. The molecule has 0 fully saturated rings. The van der Waals surface area contributed by atoms with Crippen molar-refractivity contribution in [2.24, 2.45) is 0 Å². The minimum atomic E-state index is -0.0330. The first-order valence-corrected chi connectivity index (χ1v) is 23.3. The fraction of sp³-hybridized carbons (Fsp3) is 0. The van der Waals surface area contributed by atoms with Gasteiger partial charge in [-0.15, -0.1) is 0 Å². The van der Waals surface area contributed by atoms with Crippen molar-refractivity contribution in [1.82, 2.24) is 0 Å². The van der Waals surface area contributed by atoms with E-state index < -0.39 is 0 Å². The highest BCUT2D eigenvalue weighted by Gasteiger charge is 2.44. The van der Waals surface area contributed by atoms with Gasteiger partial charge in [0.1, 0.15) is 0 Å². The normalized spacial score (nSPS) is 12.7. The van der Waals surface area contributed by atoms with Crippen LogP contribution in [0.1, 0.15) is 0 Å². The molecule has 12 aromatic carbocycles. The Morgan fingerprint density at radius 1 is 0.269 bits per heavy atom. The number of anilines is 6. The molecule has 0 unspecified atom stereocenters. The average molecular weight is 849 g/mol. The van der Waals surface area contributed by atoms with Gasteiger partial charge >= 0.3 is 0 Å². The fourth-order valence-electron chi connectivity index (χ4n) is 11.3. The van der Waals surface area contributed by atoms with Crippen LogP contribution in [0.25, 0.3) is 76.5 Å². The molecule has 0 saturated heterocycles. The molecule has 67 heavy (non-hydrogen) atoms. The van der Waals surface area contributed by atoms with Crippen LogP contribution in [-0.2, 0) is 0 Å². The van der Waals surface area contributed by atoms with Crippen LogP contribution in [0, 0.1) is 0 Å². The second-order valence-electron chi connectivity index (χ2n) is 18.0. The Bertz CT molecular complexity index is 3720. The minimum absolute atomic E-state index is 0.0330. The maximum atomic E-state index is 2.58. The molecule has 0 atom stereocenters. The third kappa shape index (κ3) is 5.91. The van der Waals surface area contributed by atoms with Gasteiger partial charge in [0.15, 0.2) is 0 Å². The molecule has 0 radical (unpaired) electrons. The van der Waals surface area contributed by atoms with E-state index in [4.69, 9.17) is 0 Å². The molecule has 2 heterocycles. The summed E-state index contributed by atoms with van der Waals surface area (Å²) in [6, 6.07) is 92.4. The van der Waals surface area contributed by atoms with Crippen molar-refractivity contribution in [3.63, 3.8) is 0 Å². The lowest BCUT2D eigenvalue weighted by Crippen LogP contribution is -2.61. The fourth-order valence-corrected chi connectivity index (χ4v) is 11.3. The van der Waals surface area contributed by atoms with Gasteiger partial charge in [0.2, 0.25) is 0 Å². The number of fused-ring (bicyclic) bond motifs is 10. The summed E-state index contributed by atoms with van der Waals surface area (Å²) in [7, 11) is 0. The van der Waals surface area contributed by atoms with Crippen LogP contribution >= 0.6 is 0 Å². The molecule has 0 aromatic heterocycles. The first-order valence-electron chi connectivity index (χ1n) is 23.3. The first-order chi connectivity index (χ1) is 33.2. The zero-order valence-corrected chi connectivity index (χ0v) is 36.6. The van der Waals surface area contributed by atoms with Gasteiger partial charge in [-0.1, -0.05) is 200 Å². The number of hydrogen-bond acceptors (Lipinski definition) is 2. The zero-order valence-electron chi connectivity index (χ0n) is 36.6. The molecule has 0 bridgehead atoms. The largest absolute Gasteiger partial charge is 0.311 e. The minimum Gasteiger partial charge on any atom is -0.311 e. The molecule has 0 spiro atoms. The Balaban J connectivity index is 1.11. The lowest BCUT2D eigenvalue weighted by Gasteiger charge is -2.45. The molecule has 0 N–H and O–H groups in total. The number of benzene rings is 12. The van der Waals surface area contributed by atoms with Crippen LogP contribution in [-0.4, -0.2) is 6.71 Å². The van der Waals surface area contributed by atoms with Crippen LogP contribution in [0.4, 0.5) is 34.1 Å². The molecule has 2 aliphatic rings. The van der Waals surface area contributed by atoms with Gasteiger partial charge in [0, 0.05) is 44.9 Å². The van der Waals surface area contributed by atoms with E-state index >= 15 is 0 Å². The van der Waals surface area contributed by atoms with Crippen LogP contribution in [0.15, 0.2) is 249 Å². The Labute approximate surface area is 390 Å². The van der Waals surface area contributed by atoms with E-state index in [0.717, 1.165) is 11.4 Å². The van der Waals surface area contributed by atoms with Crippen molar-refractivity contribution >= 4 is 100 Å². The molecule has 14 rings (SSSR count). The van der Waals surface area contributed by atoms with Crippen molar-refractivity contribution < 1.29 is 0 Å². The molecule has 3 heteroatoms. The third-order valence-electron chi connectivity index (χ3n) is 14.4. The van der Waals surface area contributed by atoms with E-state index in [1.807, 2.05) is 0 Å². The van der Waals surface area contributed by atoms with Gasteiger partial charge in [0.25, 0.3) is 6.71 Å². The van der Waals surface area contributed by atoms with Gasteiger partial charge in [-0.25, -0.2) is 0 Å². The van der Waals surface area contributed by atoms with E-state index in [0.29, 0.717) is 0 Å². The summed E-state index contributed by atoms with van der Waals surface area (Å²) in [6.07, 6.45) is 0. The number of rotatable bonds is 5. The van der Waals surface area contributed by atoms with Crippen LogP contribution in [0.2, 0.25) is 0 Å². The van der Waals surface area contributed by atoms with Crippen molar-refractivity contribution in [1.29, 1.82) is 0 Å². The lowest BCUT2D eigenvalue weighted by atomic mass is 9.33. The Kier molecular flexibility index (Phi) is 8.41. The quantitative estimate of drug-likeness (QED) is 0.126. The van der Waals surface area contributed by atoms with Gasteiger partial charge in [-0.3, -0.25) is 0 Å². The smallest absolute Gasteiger partial charge is 0.252 e. The van der Waals surface area contributed by atoms with E-state index in [9.17, 15) is 0 Å². The maximum Gasteiger partial charge on any atom is 0.252 e. The van der Waals surface area contributed by atoms with E-state index in [1.165, 1.54) is 116 Å². The SMILES string of the molecule is c1ccc(-c2ccc(N3c4cc(-c5cccc6cc7ccccc7cc56)cc5c4B(c4ccc6ccccc6c43)c3ccc4ccccc4c3N5c3ccc(-c4ccccc4)cc3)cc2)cc1. The predicted octanol–water partition coefficient (Wildman–Crippen LogP) is 15.4. The summed E-state index contributed by atoms with van der Waals surface area (Å²) in [5, 5.41) is 9.89. The van der Waals surface area contributed by atoms with Crippen molar-refractivity contribution in [2.45, 2.75) is 0 Å². The van der Waals surface area contributed by atoms with Gasteiger partial charge in [-0.05, 0) is 131 Å². The van der Waals surface area contributed by atoms with Crippen LogP contribution in [0.3, 0.4) is 0 Å². The van der Waals surface area contributed by atoms with E-state index in [1.54, 1.807) is 0 Å². The highest BCUT2D eigenvalue weighted by molar-refractivity contribution is 7.00. The lowest BCUT2D eigenvalue weighted by molar-refractivity contribution is 1.27. The van der Waals surface area contributed by atoms with Crippen molar-refractivity contribution in [2.75, 3.05) is 9.80 Å². The van der Waals surface area contributed by atoms with Gasteiger partial charge < -0.3 is 9.80 Å². The second kappa shape index (κ2) is 15.0. The summed E-state index contributed by atoms with van der Waals surface area (Å²) in [5.74, 6) is 0. The molecular weight excluding hydrogens is 808 g/mol. The average Bonchev–Trinajstić information content (AvgIpc) is 3.40. The third-order valence-corrected chi connectivity index (χ3v) is 14.4. The van der Waals surface area contributed by atoms with Gasteiger partial charge in [-0.2, -0.15) is 0 Å². The first kappa shape index (κ1) is 37.7. The Morgan fingerprint density at radius 3 is 1.22 bits per heavy atom. The number of nitrogens with zero attached hydrogens (tertiary/aromatic N) is 2. The molecule has 2 aliphatic heterocycles. The molecule has 0 saturated carbocycles. The monoisotopic (exact) mass is 848 g/mol. The maximum absolute atomic E-state index is 2.58. The Hall–Kier alpha value is -8.66. The summed E-state index contributed by atoms with van der Waals surface area (Å²) in [6.45, 7) is -0.0330. The molecule has 0 aliphatic carbocycles. The van der Waals surface area contributed by atoms with Crippen LogP contribution in [0.5, 0.6) is 0 Å². The predicted molar refractivity (Wildman–Crippen MR) is 287 cm³/mol. The summed E-state index contributed by atoms with van der Waals surface area (Å²) < 4.78 is 0. The second-order valence-corrected chi connectivity index (χ2v) is 18.0. The summed E-state index contributed by atoms with van der Waals surface area (Å²) in [5.41, 5.74) is 18.2. The van der Waals surface area contributed by atoms with E-state index in [2.05, 4.69) is 259 Å².